The van der Waals surface area contributed by atoms with Crippen LogP contribution in [0.5, 0.6) is 0 Å². The lowest BCUT2D eigenvalue weighted by Crippen LogP contribution is -1.88. The average Bonchev–Trinajstić information content (AvgIpc) is 2.69. The standard InChI is InChI=1S/C15H10S/c16-15-10-14(11-6-2-1-3-7-11)12-8-4-5-9-13(12)15/h1-10H. The van der Waals surface area contributed by atoms with Gasteiger partial charge in [0.2, 0.25) is 0 Å². The zero-order valence-corrected chi connectivity index (χ0v) is 9.50. The Labute approximate surface area is 100 Å². The van der Waals surface area contributed by atoms with Crippen LogP contribution in [0.4, 0.5) is 0 Å². The number of fused-ring (bicyclic) bond motifs is 1. The number of allylic oxidation sites excluding steroid dienone is 1. The minimum Gasteiger partial charge on any atom is -0.0794 e. The van der Waals surface area contributed by atoms with Crippen molar-refractivity contribution in [2.45, 2.75) is 0 Å². The summed E-state index contributed by atoms with van der Waals surface area (Å²) in [6, 6.07) is 18.7. The highest BCUT2D eigenvalue weighted by atomic mass is 32.1. The number of rotatable bonds is 1. The normalized spacial score (nSPS) is 13.5. The molecule has 0 amide bonds. The van der Waals surface area contributed by atoms with Gasteiger partial charge in [0.05, 0.1) is 0 Å². The Bertz CT molecular complexity index is 579. The van der Waals surface area contributed by atoms with E-state index in [2.05, 4.69) is 48.5 Å². The van der Waals surface area contributed by atoms with Gasteiger partial charge in [-0.2, -0.15) is 0 Å². The third-order valence-corrected chi connectivity index (χ3v) is 3.18. The molecule has 0 saturated heterocycles. The van der Waals surface area contributed by atoms with Crippen molar-refractivity contribution in [1.29, 1.82) is 0 Å². The number of hydrogen-bond donors (Lipinski definition) is 0. The van der Waals surface area contributed by atoms with E-state index in [4.69, 9.17) is 12.2 Å². The first-order valence-corrected chi connectivity index (χ1v) is 5.68. The Morgan fingerprint density at radius 1 is 0.688 bits per heavy atom. The molecule has 16 heavy (non-hydrogen) atoms. The van der Waals surface area contributed by atoms with E-state index in [1.54, 1.807) is 0 Å². The van der Waals surface area contributed by atoms with E-state index < -0.39 is 0 Å². The van der Waals surface area contributed by atoms with Crippen molar-refractivity contribution in [1.82, 2.24) is 0 Å². The molecule has 0 heterocycles. The minimum atomic E-state index is 0.939. The Balaban J connectivity index is 2.19. The Hall–Kier alpha value is -1.73. The maximum atomic E-state index is 5.37. The van der Waals surface area contributed by atoms with Crippen molar-refractivity contribution in [2.24, 2.45) is 0 Å². The number of hydrogen-bond acceptors (Lipinski definition) is 1. The molecule has 76 valence electrons. The maximum absolute atomic E-state index is 5.37. The first-order valence-electron chi connectivity index (χ1n) is 5.27. The minimum absolute atomic E-state index is 0.939. The predicted molar refractivity (Wildman–Crippen MR) is 71.7 cm³/mol. The van der Waals surface area contributed by atoms with Crippen molar-refractivity contribution in [3.05, 3.63) is 77.4 Å². The smallest absolute Gasteiger partial charge is 0.0462 e. The van der Waals surface area contributed by atoms with Crippen LogP contribution in [0.3, 0.4) is 0 Å². The molecule has 2 aromatic carbocycles. The molecule has 0 saturated carbocycles. The van der Waals surface area contributed by atoms with E-state index in [1.165, 1.54) is 22.3 Å². The van der Waals surface area contributed by atoms with Gasteiger partial charge in [-0.1, -0.05) is 66.8 Å². The molecule has 0 N–H and O–H groups in total. The lowest BCUT2D eigenvalue weighted by molar-refractivity contribution is 1.56. The lowest BCUT2D eigenvalue weighted by atomic mass is 9.99. The zero-order valence-electron chi connectivity index (χ0n) is 8.68. The Morgan fingerprint density at radius 3 is 2.06 bits per heavy atom. The van der Waals surface area contributed by atoms with Crippen LogP contribution in [-0.4, -0.2) is 4.86 Å². The van der Waals surface area contributed by atoms with Crippen LogP contribution in [0.25, 0.3) is 5.57 Å². The van der Waals surface area contributed by atoms with Crippen molar-refractivity contribution >= 4 is 22.7 Å². The summed E-state index contributed by atoms with van der Waals surface area (Å²) in [5, 5.41) is 0. The lowest BCUT2D eigenvalue weighted by Gasteiger charge is -2.04. The summed E-state index contributed by atoms with van der Waals surface area (Å²) in [7, 11) is 0. The first-order chi connectivity index (χ1) is 7.86. The van der Waals surface area contributed by atoms with Crippen LogP contribution in [-0.2, 0) is 0 Å². The average molecular weight is 222 g/mol. The third kappa shape index (κ3) is 1.41. The molecule has 0 atom stereocenters. The largest absolute Gasteiger partial charge is 0.0794 e. The topological polar surface area (TPSA) is 0 Å². The van der Waals surface area contributed by atoms with Crippen LogP contribution in [0.1, 0.15) is 16.7 Å². The molecule has 0 nitrogen and oxygen atoms in total. The second kappa shape index (κ2) is 3.69. The summed E-state index contributed by atoms with van der Waals surface area (Å²) in [5.74, 6) is 0. The monoisotopic (exact) mass is 222 g/mol. The molecule has 0 aromatic heterocycles. The quantitative estimate of drug-likeness (QED) is 0.660. The van der Waals surface area contributed by atoms with Crippen molar-refractivity contribution in [3.8, 4) is 0 Å². The zero-order chi connectivity index (χ0) is 11.0. The molecule has 0 fully saturated rings. The predicted octanol–water partition coefficient (Wildman–Crippen LogP) is 3.85. The Morgan fingerprint density at radius 2 is 1.31 bits per heavy atom. The van der Waals surface area contributed by atoms with Crippen LogP contribution in [0.2, 0.25) is 0 Å². The third-order valence-electron chi connectivity index (χ3n) is 2.84. The summed E-state index contributed by atoms with van der Waals surface area (Å²) in [4.78, 5) is 0.939. The van der Waals surface area contributed by atoms with Gasteiger partial charge in [-0.05, 0) is 22.8 Å². The maximum Gasteiger partial charge on any atom is 0.0462 e. The molecular formula is C15H10S. The van der Waals surface area contributed by atoms with Crippen LogP contribution >= 0.6 is 12.2 Å². The highest BCUT2D eigenvalue weighted by Crippen LogP contribution is 2.32. The molecule has 3 rings (SSSR count). The number of benzene rings is 2. The van der Waals surface area contributed by atoms with Gasteiger partial charge in [0, 0.05) is 10.4 Å². The fourth-order valence-electron chi connectivity index (χ4n) is 2.08. The molecule has 1 aliphatic rings. The van der Waals surface area contributed by atoms with Crippen LogP contribution in [0.15, 0.2) is 60.7 Å². The molecular weight excluding hydrogens is 212 g/mol. The highest BCUT2D eigenvalue weighted by molar-refractivity contribution is 7.81. The van der Waals surface area contributed by atoms with Gasteiger partial charge in [-0.3, -0.25) is 0 Å². The highest BCUT2D eigenvalue weighted by Gasteiger charge is 2.18. The van der Waals surface area contributed by atoms with Crippen LogP contribution < -0.4 is 0 Å². The van der Waals surface area contributed by atoms with E-state index in [0.29, 0.717) is 0 Å². The van der Waals surface area contributed by atoms with Gasteiger partial charge in [-0.25, -0.2) is 0 Å². The second-order valence-corrected chi connectivity index (χ2v) is 4.27. The van der Waals surface area contributed by atoms with Crippen molar-refractivity contribution in [2.75, 3.05) is 0 Å². The molecule has 2 aromatic rings. The summed E-state index contributed by atoms with van der Waals surface area (Å²) in [6.45, 7) is 0. The van der Waals surface area contributed by atoms with Gasteiger partial charge in [0.25, 0.3) is 0 Å². The molecule has 0 bridgehead atoms. The van der Waals surface area contributed by atoms with Gasteiger partial charge in [0.1, 0.15) is 0 Å². The molecule has 0 spiro atoms. The fraction of sp³-hybridized carbons (Fsp3) is 0. The molecule has 1 heteroatoms. The van der Waals surface area contributed by atoms with Gasteiger partial charge in [0.15, 0.2) is 0 Å². The van der Waals surface area contributed by atoms with E-state index in [0.717, 1.165) is 4.86 Å². The van der Waals surface area contributed by atoms with E-state index in [9.17, 15) is 0 Å². The van der Waals surface area contributed by atoms with Gasteiger partial charge in [-0.15, -0.1) is 0 Å². The van der Waals surface area contributed by atoms with Crippen molar-refractivity contribution < 1.29 is 0 Å². The molecule has 0 unspecified atom stereocenters. The van der Waals surface area contributed by atoms with E-state index in [-0.39, 0.29) is 0 Å². The van der Waals surface area contributed by atoms with Gasteiger partial charge >= 0.3 is 0 Å². The van der Waals surface area contributed by atoms with E-state index >= 15 is 0 Å². The molecule has 1 aliphatic carbocycles. The van der Waals surface area contributed by atoms with Crippen LogP contribution in [0, 0.1) is 0 Å². The summed E-state index contributed by atoms with van der Waals surface area (Å²) in [6.07, 6.45) is 2.09. The Kier molecular flexibility index (Phi) is 2.19. The summed E-state index contributed by atoms with van der Waals surface area (Å²) in [5.41, 5.74) is 4.89. The first kappa shape index (κ1) is 9.49. The van der Waals surface area contributed by atoms with Gasteiger partial charge < -0.3 is 0 Å². The summed E-state index contributed by atoms with van der Waals surface area (Å²) < 4.78 is 0. The van der Waals surface area contributed by atoms with E-state index in [1.807, 2.05) is 12.1 Å². The molecule has 0 aliphatic heterocycles. The van der Waals surface area contributed by atoms with Crippen molar-refractivity contribution in [3.63, 3.8) is 0 Å². The molecule has 0 radical (unpaired) electrons. The number of thiocarbonyl (C=S) groups is 1. The summed E-state index contributed by atoms with van der Waals surface area (Å²) >= 11 is 5.37. The second-order valence-electron chi connectivity index (χ2n) is 3.83. The fourth-order valence-corrected chi connectivity index (χ4v) is 2.37. The SMILES string of the molecule is S=C1C=C(c2ccccc2)c2ccccc21.